The van der Waals surface area contributed by atoms with E-state index in [1.165, 1.54) is 12.1 Å². The maximum atomic E-state index is 12.7. The van der Waals surface area contributed by atoms with Gasteiger partial charge in [0.2, 0.25) is 0 Å². The van der Waals surface area contributed by atoms with E-state index in [-0.39, 0.29) is 11.6 Å². The first-order valence-corrected chi connectivity index (χ1v) is 6.76. The fourth-order valence-electron chi connectivity index (χ4n) is 1.29. The Bertz CT molecular complexity index is 351. The van der Waals surface area contributed by atoms with Crippen LogP contribution in [0.2, 0.25) is 0 Å². The first-order valence-electron chi connectivity index (χ1n) is 5.61. The summed E-state index contributed by atoms with van der Waals surface area (Å²) in [6.45, 7) is 1.02. The van der Waals surface area contributed by atoms with Crippen LogP contribution in [0.1, 0.15) is 16.8 Å². The maximum Gasteiger partial charge on any atom is 0.163 e. The number of hydrogen-bond acceptors (Lipinski definition) is 3. The Morgan fingerprint density at radius 2 is 1.88 bits per heavy atom. The van der Waals surface area contributed by atoms with Crippen LogP contribution in [0.15, 0.2) is 24.3 Å². The van der Waals surface area contributed by atoms with Gasteiger partial charge in [-0.25, -0.2) is 4.39 Å². The molecule has 2 nitrogen and oxygen atoms in total. The minimum absolute atomic E-state index is 0.0855. The van der Waals surface area contributed by atoms with Crippen molar-refractivity contribution in [1.29, 1.82) is 0 Å². The molecule has 0 aliphatic carbocycles. The van der Waals surface area contributed by atoms with Crippen LogP contribution in [-0.4, -0.2) is 42.8 Å². The molecule has 1 aromatic carbocycles. The summed E-state index contributed by atoms with van der Waals surface area (Å²) in [5, 5.41) is 0. The smallest absolute Gasteiger partial charge is 0.163 e. The number of benzene rings is 1. The molecule has 0 heterocycles. The first-order chi connectivity index (χ1) is 8.09. The molecule has 0 radical (unpaired) electrons. The van der Waals surface area contributed by atoms with E-state index >= 15 is 0 Å². The third kappa shape index (κ3) is 5.84. The predicted molar refractivity (Wildman–Crippen MR) is 71.2 cm³/mol. The van der Waals surface area contributed by atoms with Crippen molar-refractivity contribution in [3.05, 3.63) is 35.6 Å². The highest BCUT2D eigenvalue weighted by molar-refractivity contribution is 7.99. The zero-order valence-electron chi connectivity index (χ0n) is 10.3. The molecule has 94 valence electrons. The van der Waals surface area contributed by atoms with Gasteiger partial charge in [-0.05, 0) is 38.4 Å². The van der Waals surface area contributed by atoms with Crippen LogP contribution < -0.4 is 0 Å². The zero-order valence-corrected chi connectivity index (χ0v) is 11.1. The molecule has 0 saturated heterocycles. The van der Waals surface area contributed by atoms with Crippen molar-refractivity contribution < 1.29 is 9.18 Å². The molecule has 0 aliphatic heterocycles. The van der Waals surface area contributed by atoms with Gasteiger partial charge in [-0.1, -0.05) is 0 Å². The third-order valence-electron chi connectivity index (χ3n) is 2.32. The van der Waals surface area contributed by atoms with E-state index in [4.69, 9.17) is 0 Å². The minimum Gasteiger partial charge on any atom is -0.309 e. The van der Waals surface area contributed by atoms with Crippen LogP contribution in [0, 0.1) is 5.82 Å². The van der Waals surface area contributed by atoms with Crippen LogP contribution in [-0.2, 0) is 0 Å². The highest BCUT2D eigenvalue weighted by atomic mass is 32.2. The Kier molecular flexibility index (Phi) is 6.22. The molecule has 0 fully saturated rings. The molecule has 1 aromatic rings. The second-order valence-electron chi connectivity index (χ2n) is 4.10. The van der Waals surface area contributed by atoms with Crippen molar-refractivity contribution in [3.8, 4) is 0 Å². The summed E-state index contributed by atoms with van der Waals surface area (Å²) >= 11 is 1.77. The molecule has 0 aliphatic rings. The van der Waals surface area contributed by atoms with Gasteiger partial charge in [0.05, 0.1) is 0 Å². The van der Waals surface area contributed by atoms with Gasteiger partial charge in [-0.15, -0.1) is 0 Å². The summed E-state index contributed by atoms with van der Waals surface area (Å²) in [7, 11) is 4.06. The molecule has 0 N–H and O–H groups in total. The van der Waals surface area contributed by atoms with Crippen molar-refractivity contribution in [2.75, 3.05) is 32.1 Å². The van der Waals surface area contributed by atoms with E-state index in [0.717, 1.165) is 18.1 Å². The van der Waals surface area contributed by atoms with Gasteiger partial charge < -0.3 is 4.90 Å². The topological polar surface area (TPSA) is 20.3 Å². The Morgan fingerprint density at radius 1 is 1.24 bits per heavy atom. The minimum atomic E-state index is -0.304. The van der Waals surface area contributed by atoms with Crippen molar-refractivity contribution in [3.63, 3.8) is 0 Å². The molecule has 1 rings (SSSR count). The molecule has 17 heavy (non-hydrogen) atoms. The number of hydrogen-bond donors (Lipinski definition) is 0. The van der Waals surface area contributed by atoms with Gasteiger partial charge in [0.15, 0.2) is 5.78 Å². The molecular weight excluding hydrogens is 237 g/mol. The number of nitrogens with zero attached hydrogens (tertiary/aromatic N) is 1. The molecule has 4 heteroatoms. The monoisotopic (exact) mass is 255 g/mol. The van der Waals surface area contributed by atoms with E-state index in [2.05, 4.69) is 4.90 Å². The van der Waals surface area contributed by atoms with Crippen LogP contribution >= 0.6 is 11.8 Å². The quantitative estimate of drug-likeness (QED) is 0.552. The van der Waals surface area contributed by atoms with E-state index in [0.29, 0.717) is 12.0 Å². The summed E-state index contributed by atoms with van der Waals surface area (Å²) in [6.07, 6.45) is 0.518. The van der Waals surface area contributed by atoms with E-state index < -0.39 is 0 Å². The molecule has 0 bridgehead atoms. The highest BCUT2D eigenvalue weighted by Gasteiger charge is 2.05. The molecular formula is C13H18FNOS. The number of thioether (sulfide) groups is 1. The van der Waals surface area contributed by atoms with Crippen LogP contribution in [0.3, 0.4) is 0 Å². The number of halogens is 1. The average molecular weight is 255 g/mol. The van der Waals surface area contributed by atoms with Gasteiger partial charge in [0.1, 0.15) is 5.82 Å². The third-order valence-corrected chi connectivity index (χ3v) is 3.29. The Labute approximate surface area is 106 Å². The normalized spacial score (nSPS) is 10.8. The Balaban J connectivity index is 2.23. The number of rotatable bonds is 7. The Hall–Kier alpha value is -0.870. The maximum absolute atomic E-state index is 12.7. The van der Waals surface area contributed by atoms with Gasteiger partial charge in [-0.2, -0.15) is 11.8 Å². The standard InChI is InChI=1S/C13H18FNOS/c1-15(2)8-10-17-9-7-13(16)11-3-5-12(14)6-4-11/h3-6H,7-10H2,1-2H3. The van der Waals surface area contributed by atoms with Crippen molar-refractivity contribution in [1.82, 2.24) is 4.90 Å². The van der Waals surface area contributed by atoms with Crippen molar-refractivity contribution in [2.24, 2.45) is 0 Å². The lowest BCUT2D eigenvalue weighted by Crippen LogP contribution is -2.15. The number of Topliss-reactive ketones (excluding diaryl/α,β-unsaturated/α-hetero) is 1. The molecule has 0 spiro atoms. The lowest BCUT2D eigenvalue weighted by molar-refractivity contribution is 0.0989. The van der Waals surface area contributed by atoms with Crippen LogP contribution in [0.5, 0.6) is 0 Å². The highest BCUT2D eigenvalue weighted by Crippen LogP contribution is 2.09. The summed E-state index contributed by atoms with van der Waals surface area (Å²) in [5.41, 5.74) is 0.597. The van der Waals surface area contributed by atoms with Gasteiger partial charge >= 0.3 is 0 Å². The fourth-order valence-corrected chi connectivity index (χ4v) is 2.32. The molecule has 0 saturated carbocycles. The van der Waals surface area contributed by atoms with Crippen molar-refractivity contribution in [2.45, 2.75) is 6.42 Å². The van der Waals surface area contributed by atoms with E-state index in [9.17, 15) is 9.18 Å². The van der Waals surface area contributed by atoms with Crippen LogP contribution in [0.25, 0.3) is 0 Å². The number of carbonyl (C=O) groups excluding carboxylic acids is 1. The second-order valence-corrected chi connectivity index (χ2v) is 5.32. The molecule has 0 unspecified atom stereocenters. The summed E-state index contributed by atoms with van der Waals surface area (Å²) in [6, 6.07) is 5.74. The van der Waals surface area contributed by atoms with E-state index in [1.807, 2.05) is 14.1 Å². The van der Waals surface area contributed by atoms with Crippen LogP contribution in [0.4, 0.5) is 4.39 Å². The molecule has 0 amide bonds. The Morgan fingerprint density at radius 3 is 2.47 bits per heavy atom. The first kappa shape index (κ1) is 14.2. The van der Waals surface area contributed by atoms with Crippen molar-refractivity contribution >= 4 is 17.5 Å². The summed E-state index contributed by atoms with van der Waals surface area (Å²) < 4.78 is 12.7. The largest absolute Gasteiger partial charge is 0.309 e. The lowest BCUT2D eigenvalue weighted by atomic mass is 10.1. The van der Waals surface area contributed by atoms with Gasteiger partial charge in [-0.3, -0.25) is 4.79 Å². The van der Waals surface area contributed by atoms with E-state index in [1.54, 1.807) is 23.9 Å². The second kappa shape index (κ2) is 7.45. The zero-order chi connectivity index (χ0) is 12.7. The van der Waals surface area contributed by atoms with Gasteiger partial charge in [0.25, 0.3) is 0 Å². The number of ketones is 1. The average Bonchev–Trinajstić information content (AvgIpc) is 2.29. The summed E-state index contributed by atoms with van der Waals surface area (Å²) in [4.78, 5) is 13.8. The predicted octanol–water partition coefficient (Wildman–Crippen LogP) is 2.69. The van der Waals surface area contributed by atoms with Gasteiger partial charge in [0, 0.05) is 30.0 Å². The molecule has 0 aromatic heterocycles. The fraction of sp³-hybridized carbons (Fsp3) is 0.462. The SMILES string of the molecule is CN(C)CCSCCC(=O)c1ccc(F)cc1. The molecule has 0 atom stereocenters. The summed E-state index contributed by atoms with van der Waals surface area (Å²) in [5.74, 6) is 1.64. The number of carbonyl (C=O) groups is 1. The lowest BCUT2D eigenvalue weighted by Gasteiger charge is -2.08.